The second-order valence-electron chi connectivity index (χ2n) is 5.57. The zero-order valence-corrected chi connectivity index (χ0v) is 14.3. The van der Waals surface area contributed by atoms with Crippen LogP contribution in [0.3, 0.4) is 0 Å². The molecule has 0 atom stereocenters. The Balaban J connectivity index is 2.06. The number of halogens is 1. The minimum absolute atomic E-state index is 0.373. The summed E-state index contributed by atoms with van der Waals surface area (Å²) in [5.74, 6) is 0.596. The molecule has 0 N–H and O–H groups in total. The summed E-state index contributed by atoms with van der Waals surface area (Å²) in [5, 5.41) is 0. The third kappa shape index (κ3) is 3.81. The molecule has 0 spiro atoms. The van der Waals surface area contributed by atoms with Gasteiger partial charge in [-0.2, -0.15) is 4.31 Å². The summed E-state index contributed by atoms with van der Waals surface area (Å²) in [6.45, 7) is 2.27. The Morgan fingerprint density at radius 2 is 1.95 bits per heavy atom. The van der Waals surface area contributed by atoms with Crippen molar-refractivity contribution in [2.24, 2.45) is 5.92 Å². The Bertz CT molecular complexity index is 552. The average molecular weight is 361 g/mol. The van der Waals surface area contributed by atoms with Gasteiger partial charge in [0.1, 0.15) is 0 Å². The van der Waals surface area contributed by atoms with E-state index in [1.807, 2.05) is 6.07 Å². The predicted molar refractivity (Wildman–Crippen MR) is 84.2 cm³/mol. The molecular formula is C14H21BrN2O2S. The number of rotatable bonds is 4. The Kier molecular flexibility index (Phi) is 5.23. The van der Waals surface area contributed by atoms with Crippen molar-refractivity contribution in [2.75, 3.05) is 33.7 Å². The summed E-state index contributed by atoms with van der Waals surface area (Å²) in [6, 6.07) is 6.92. The molecule has 0 amide bonds. The molecule has 112 valence electrons. The van der Waals surface area contributed by atoms with Crippen LogP contribution in [0.4, 0.5) is 0 Å². The second-order valence-corrected chi connectivity index (χ2v) is 8.42. The largest absolute Gasteiger partial charge is 0.309 e. The van der Waals surface area contributed by atoms with Crippen LogP contribution in [0.5, 0.6) is 0 Å². The summed E-state index contributed by atoms with van der Waals surface area (Å²) in [7, 11) is 0.774. The molecule has 2 rings (SSSR count). The standard InChI is InChI=1S/C14H21BrN2O2S/c1-16(2)11-12-6-8-17(9-7-12)20(18,19)14-5-3-4-13(15)10-14/h3-5,10,12H,6-9,11H2,1-2H3. The molecule has 1 saturated heterocycles. The maximum absolute atomic E-state index is 12.6. The molecule has 0 radical (unpaired) electrons. The third-order valence-electron chi connectivity index (χ3n) is 3.63. The Morgan fingerprint density at radius 1 is 1.30 bits per heavy atom. The van der Waals surface area contributed by atoms with Crippen LogP contribution in [-0.4, -0.2) is 51.4 Å². The normalized spacial score (nSPS) is 18.6. The molecule has 0 aromatic heterocycles. The molecule has 0 aliphatic carbocycles. The lowest BCUT2D eigenvalue weighted by molar-refractivity contribution is 0.225. The lowest BCUT2D eigenvalue weighted by Crippen LogP contribution is -2.40. The maximum Gasteiger partial charge on any atom is 0.243 e. The first kappa shape index (κ1) is 15.9. The molecule has 20 heavy (non-hydrogen) atoms. The van der Waals surface area contributed by atoms with Gasteiger partial charge in [-0.1, -0.05) is 22.0 Å². The van der Waals surface area contributed by atoms with Gasteiger partial charge in [-0.25, -0.2) is 8.42 Å². The van der Waals surface area contributed by atoms with Crippen LogP contribution in [-0.2, 0) is 10.0 Å². The highest BCUT2D eigenvalue weighted by molar-refractivity contribution is 9.10. The first-order valence-corrected chi connectivity index (χ1v) is 9.03. The molecule has 1 aromatic carbocycles. The van der Waals surface area contributed by atoms with Crippen LogP contribution in [0.25, 0.3) is 0 Å². The van der Waals surface area contributed by atoms with Gasteiger partial charge in [-0.05, 0) is 51.1 Å². The molecule has 0 saturated carbocycles. The number of nitrogens with zero attached hydrogens (tertiary/aromatic N) is 2. The van der Waals surface area contributed by atoms with E-state index in [4.69, 9.17) is 0 Å². The smallest absolute Gasteiger partial charge is 0.243 e. The Hall–Kier alpha value is -0.430. The van der Waals surface area contributed by atoms with Gasteiger partial charge in [0.15, 0.2) is 0 Å². The van der Waals surface area contributed by atoms with E-state index in [0.717, 1.165) is 23.9 Å². The lowest BCUT2D eigenvalue weighted by atomic mass is 9.98. The molecule has 1 heterocycles. The summed E-state index contributed by atoms with van der Waals surface area (Å²) in [5.41, 5.74) is 0. The van der Waals surface area contributed by atoms with Crippen molar-refractivity contribution in [1.82, 2.24) is 9.21 Å². The van der Waals surface area contributed by atoms with Crippen molar-refractivity contribution >= 4 is 26.0 Å². The zero-order valence-electron chi connectivity index (χ0n) is 11.9. The fourth-order valence-electron chi connectivity index (χ4n) is 2.63. The van der Waals surface area contributed by atoms with Crippen LogP contribution in [0.1, 0.15) is 12.8 Å². The molecule has 0 bridgehead atoms. The zero-order chi connectivity index (χ0) is 14.8. The fourth-order valence-corrected chi connectivity index (χ4v) is 4.69. The van der Waals surface area contributed by atoms with Crippen LogP contribution in [0, 0.1) is 5.92 Å². The Morgan fingerprint density at radius 3 is 2.50 bits per heavy atom. The summed E-state index contributed by atoms with van der Waals surface area (Å²) in [6.07, 6.45) is 1.87. The van der Waals surface area contributed by atoms with E-state index in [-0.39, 0.29) is 0 Å². The van der Waals surface area contributed by atoms with Gasteiger partial charge in [0.2, 0.25) is 10.0 Å². The van der Waals surface area contributed by atoms with Gasteiger partial charge in [0.25, 0.3) is 0 Å². The first-order chi connectivity index (χ1) is 9.39. The molecule has 4 nitrogen and oxygen atoms in total. The third-order valence-corrected chi connectivity index (χ3v) is 6.02. The van der Waals surface area contributed by atoms with Crippen molar-refractivity contribution < 1.29 is 8.42 Å². The molecule has 1 aromatic rings. The van der Waals surface area contributed by atoms with Crippen LogP contribution >= 0.6 is 15.9 Å². The quantitative estimate of drug-likeness (QED) is 0.827. The number of hydrogen-bond donors (Lipinski definition) is 0. The Labute approximate surface area is 129 Å². The van der Waals surface area contributed by atoms with E-state index in [0.29, 0.717) is 23.9 Å². The topological polar surface area (TPSA) is 40.6 Å². The highest BCUT2D eigenvalue weighted by Gasteiger charge is 2.29. The molecule has 0 unspecified atom stereocenters. The van der Waals surface area contributed by atoms with Gasteiger partial charge in [-0.15, -0.1) is 0 Å². The van der Waals surface area contributed by atoms with Gasteiger partial charge in [0.05, 0.1) is 4.90 Å². The van der Waals surface area contributed by atoms with E-state index < -0.39 is 10.0 Å². The fraction of sp³-hybridized carbons (Fsp3) is 0.571. The second kappa shape index (κ2) is 6.56. The van der Waals surface area contributed by atoms with E-state index in [1.54, 1.807) is 22.5 Å². The minimum atomic E-state index is -3.35. The van der Waals surface area contributed by atoms with Crippen LogP contribution in [0.2, 0.25) is 0 Å². The number of hydrogen-bond acceptors (Lipinski definition) is 3. The SMILES string of the molecule is CN(C)CC1CCN(S(=O)(=O)c2cccc(Br)c2)CC1. The van der Waals surface area contributed by atoms with Crippen LogP contribution < -0.4 is 0 Å². The van der Waals surface area contributed by atoms with Gasteiger partial charge in [0, 0.05) is 24.1 Å². The summed E-state index contributed by atoms with van der Waals surface area (Å²) in [4.78, 5) is 2.54. The summed E-state index contributed by atoms with van der Waals surface area (Å²) < 4.78 is 27.5. The number of sulfonamides is 1. The van der Waals surface area contributed by atoms with Crippen molar-refractivity contribution in [1.29, 1.82) is 0 Å². The predicted octanol–water partition coefficient (Wildman–Crippen LogP) is 2.41. The van der Waals surface area contributed by atoms with Gasteiger partial charge in [-0.3, -0.25) is 0 Å². The molecule has 6 heteroatoms. The van der Waals surface area contributed by atoms with Crippen LogP contribution in [0.15, 0.2) is 33.6 Å². The van der Waals surface area contributed by atoms with E-state index in [9.17, 15) is 8.42 Å². The lowest BCUT2D eigenvalue weighted by Gasteiger charge is -2.32. The molecular weight excluding hydrogens is 340 g/mol. The highest BCUT2D eigenvalue weighted by Crippen LogP contribution is 2.25. The minimum Gasteiger partial charge on any atom is -0.309 e. The van der Waals surface area contributed by atoms with Crippen molar-refractivity contribution in [3.63, 3.8) is 0 Å². The van der Waals surface area contributed by atoms with Gasteiger partial charge >= 0.3 is 0 Å². The maximum atomic E-state index is 12.6. The first-order valence-electron chi connectivity index (χ1n) is 6.80. The van der Waals surface area contributed by atoms with Crippen molar-refractivity contribution in [3.05, 3.63) is 28.7 Å². The van der Waals surface area contributed by atoms with E-state index >= 15 is 0 Å². The molecule has 1 fully saturated rings. The van der Waals surface area contributed by atoms with Crippen molar-refractivity contribution in [3.8, 4) is 0 Å². The monoisotopic (exact) mass is 360 g/mol. The van der Waals surface area contributed by atoms with E-state index in [1.165, 1.54) is 0 Å². The molecule has 1 aliphatic heterocycles. The number of benzene rings is 1. The molecule has 1 aliphatic rings. The number of piperidine rings is 1. The van der Waals surface area contributed by atoms with Gasteiger partial charge < -0.3 is 4.90 Å². The van der Waals surface area contributed by atoms with E-state index in [2.05, 4.69) is 34.9 Å². The summed E-state index contributed by atoms with van der Waals surface area (Å²) >= 11 is 3.33. The average Bonchev–Trinajstić information content (AvgIpc) is 2.38. The van der Waals surface area contributed by atoms with Crippen molar-refractivity contribution in [2.45, 2.75) is 17.7 Å². The highest BCUT2D eigenvalue weighted by atomic mass is 79.9.